The molecule has 2 rings (SSSR count). The monoisotopic (exact) mass is 275 g/mol. The van der Waals surface area contributed by atoms with E-state index in [9.17, 15) is 4.79 Å². The topological polar surface area (TPSA) is 38.3 Å². The normalized spacial score (nSPS) is 26.2. The zero-order chi connectivity index (χ0) is 14.4. The van der Waals surface area contributed by atoms with Crippen molar-refractivity contribution in [2.24, 2.45) is 0 Å². The fourth-order valence-electron chi connectivity index (χ4n) is 3.18. The minimum absolute atomic E-state index is 0.0996. The lowest BCUT2D eigenvalue weighted by Gasteiger charge is -2.38. The summed E-state index contributed by atoms with van der Waals surface area (Å²) in [5.74, 6) is 0.467. The zero-order valence-electron chi connectivity index (χ0n) is 12.5. The second kappa shape index (κ2) is 6.89. The van der Waals surface area contributed by atoms with Crippen molar-refractivity contribution in [1.29, 1.82) is 0 Å². The van der Waals surface area contributed by atoms with Gasteiger partial charge in [-0.15, -0.1) is 0 Å². The second-order valence-electron chi connectivity index (χ2n) is 5.69. The molecule has 0 aliphatic heterocycles. The first-order valence-electron chi connectivity index (χ1n) is 7.60. The number of ether oxygens (including phenoxy) is 1. The molecular formula is C17H25NO2. The van der Waals surface area contributed by atoms with E-state index in [1.54, 1.807) is 0 Å². The van der Waals surface area contributed by atoms with E-state index in [2.05, 4.69) is 36.5 Å². The molecule has 110 valence electrons. The fraction of sp³-hybridized carbons (Fsp3) is 0.588. The highest BCUT2D eigenvalue weighted by molar-refractivity contribution is 5.81. The van der Waals surface area contributed by atoms with E-state index in [0.29, 0.717) is 5.92 Å². The third-order valence-corrected chi connectivity index (χ3v) is 4.40. The summed E-state index contributed by atoms with van der Waals surface area (Å²) in [6, 6.07) is 10.6. The molecule has 0 saturated heterocycles. The van der Waals surface area contributed by atoms with Crippen LogP contribution in [-0.4, -0.2) is 25.2 Å². The molecule has 3 nitrogen and oxygen atoms in total. The van der Waals surface area contributed by atoms with Crippen molar-refractivity contribution >= 4 is 5.97 Å². The summed E-state index contributed by atoms with van der Waals surface area (Å²) in [5.41, 5.74) is 0.928. The van der Waals surface area contributed by atoms with Gasteiger partial charge in [-0.3, -0.25) is 4.79 Å². The highest BCUT2D eigenvalue weighted by atomic mass is 16.5. The van der Waals surface area contributed by atoms with E-state index in [4.69, 9.17) is 4.74 Å². The summed E-state index contributed by atoms with van der Waals surface area (Å²) in [6.45, 7) is 2.98. The van der Waals surface area contributed by atoms with Crippen molar-refractivity contribution in [1.82, 2.24) is 5.32 Å². The summed E-state index contributed by atoms with van der Waals surface area (Å²) in [7, 11) is 1.49. The number of carbonyl (C=O) groups excluding carboxylic acids is 1. The number of rotatable bonds is 5. The number of esters is 1. The molecule has 1 aliphatic rings. The van der Waals surface area contributed by atoms with Crippen LogP contribution >= 0.6 is 0 Å². The maximum Gasteiger partial charge on any atom is 0.326 e. The standard InChI is InChI=1S/C17H25NO2/c1-3-13-18-17(16(19)20-2)11-9-15(10-12-17)14-7-5-4-6-8-14/h4-8,15,18H,3,9-13H2,1-2H3. The van der Waals surface area contributed by atoms with Gasteiger partial charge in [-0.2, -0.15) is 0 Å². The van der Waals surface area contributed by atoms with Gasteiger partial charge in [0.2, 0.25) is 0 Å². The van der Waals surface area contributed by atoms with Gasteiger partial charge in [-0.1, -0.05) is 37.3 Å². The highest BCUT2D eigenvalue weighted by Gasteiger charge is 2.42. The number of nitrogens with one attached hydrogen (secondary N) is 1. The smallest absolute Gasteiger partial charge is 0.326 e. The Morgan fingerprint density at radius 3 is 2.50 bits per heavy atom. The van der Waals surface area contributed by atoms with Crippen LogP contribution in [0.1, 0.15) is 50.5 Å². The first kappa shape index (κ1) is 15.0. The van der Waals surface area contributed by atoms with E-state index in [1.807, 2.05) is 6.07 Å². The Morgan fingerprint density at radius 1 is 1.30 bits per heavy atom. The van der Waals surface area contributed by atoms with Crippen LogP contribution in [0.4, 0.5) is 0 Å². The average molecular weight is 275 g/mol. The highest BCUT2D eigenvalue weighted by Crippen LogP contribution is 2.38. The molecule has 0 amide bonds. The molecule has 0 aromatic heterocycles. The van der Waals surface area contributed by atoms with Gasteiger partial charge < -0.3 is 10.1 Å². The first-order chi connectivity index (χ1) is 9.72. The van der Waals surface area contributed by atoms with Gasteiger partial charge in [-0.05, 0) is 50.1 Å². The summed E-state index contributed by atoms with van der Waals surface area (Å²) in [6.07, 6.45) is 4.82. The Labute approximate surface area is 121 Å². The summed E-state index contributed by atoms with van der Waals surface area (Å²) in [5, 5.41) is 3.43. The van der Waals surface area contributed by atoms with Gasteiger partial charge in [0.1, 0.15) is 5.54 Å². The van der Waals surface area contributed by atoms with E-state index >= 15 is 0 Å². The molecular weight excluding hydrogens is 250 g/mol. The molecule has 1 saturated carbocycles. The Morgan fingerprint density at radius 2 is 1.95 bits per heavy atom. The van der Waals surface area contributed by atoms with Crippen molar-refractivity contribution in [3.63, 3.8) is 0 Å². The van der Waals surface area contributed by atoms with Crippen LogP contribution in [0.5, 0.6) is 0 Å². The van der Waals surface area contributed by atoms with Gasteiger partial charge in [0, 0.05) is 0 Å². The molecule has 20 heavy (non-hydrogen) atoms. The summed E-state index contributed by atoms with van der Waals surface area (Å²) >= 11 is 0. The van der Waals surface area contributed by atoms with Crippen LogP contribution in [0, 0.1) is 0 Å². The summed E-state index contributed by atoms with van der Waals surface area (Å²) in [4.78, 5) is 12.2. The lowest BCUT2D eigenvalue weighted by Crippen LogP contribution is -2.54. The van der Waals surface area contributed by atoms with Crippen molar-refractivity contribution in [3.8, 4) is 0 Å². The lowest BCUT2D eigenvalue weighted by molar-refractivity contribution is -0.150. The van der Waals surface area contributed by atoms with Crippen molar-refractivity contribution < 1.29 is 9.53 Å². The zero-order valence-corrected chi connectivity index (χ0v) is 12.5. The van der Waals surface area contributed by atoms with Gasteiger partial charge in [0.15, 0.2) is 0 Å². The Kier molecular flexibility index (Phi) is 5.18. The molecule has 1 fully saturated rings. The molecule has 0 spiro atoms. The lowest BCUT2D eigenvalue weighted by atomic mass is 9.74. The van der Waals surface area contributed by atoms with Crippen LogP contribution in [0.15, 0.2) is 30.3 Å². The number of hydrogen-bond acceptors (Lipinski definition) is 3. The third kappa shape index (κ3) is 3.21. The van der Waals surface area contributed by atoms with E-state index in [0.717, 1.165) is 38.6 Å². The van der Waals surface area contributed by atoms with Crippen LogP contribution in [0.2, 0.25) is 0 Å². The van der Waals surface area contributed by atoms with E-state index < -0.39 is 5.54 Å². The van der Waals surface area contributed by atoms with Crippen LogP contribution in [0.25, 0.3) is 0 Å². The molecule has 0 heterocycles. The number of benzene rings is 1. The average Bonchev–Trinajstić information content (AvgIpc) is 2.53. The molecule has 0 radical (unpaired) electrons. The van der Waals surface area contributed by atoms with E-state index in [-0.39, 0.29) is 5.97 Å². The molecule has 1 aromatic carbocycles. The van der Waals surface area contributed by atoms with Crippen LogP contribution < -0.4 is 5.32 Å². The van der Waals surface area contributed by atoms with Gasteiger partial charge in [-0.25, -0.2) is 0 Å². The van der Waals surface area contributed by atoms with Crippen LogP contribution in [-0.2, 0) is 9.53 Å². The fourth-order valence-corrected chi connectivity index (χ4v) is 3.18. The minimum Gasteiger partial charge on any atom is -0.468 e. The molecule has 3 heteroatoms. The Balaban J connectivity index is 2.04. The van der Waals surface area contributed by atoms with Gasteiger partial charge in [0.25, 0.3) is 0 Å². The minimum atomic E-state index is -0.462. The largest absolute Gasteiger partial charge is 0.468 e. The maximum absolute atomic E-state index is 12.2. The van der Waals surface area contributed by atoms with Crippen molar-refractivity contribution in [3.05, 3.63) is 35.9 Å². The summed E-state index contributed by atoms with van der Waals surface area (Å²) < 4.78 is 5.03. The molecule has 1 aromatic rings. The number of methoxy groups -OCH3 is 1. The number of hydrogen-bond donors (Lipinski definition) is 1. The SMILES string of the molecule is CCCNC1(C(=O)OC)CCC(c2ccccc2)CC1. The maximum atomic E-state index is 12.2. The molecule has 0 atom stereocenters. The van der Waals surface area contributed by atoms with Gasteiger partial charge >= 0.3 is 5.97 Å². The van der Waals surface area contributed by atoms with Gasteiger partial charge in [0.05, 0.1) is 7.11 Å². The quantitative estimate of drug-likeness (QED) is 0.838. The third-order valence-electron chi connectivity index (χ3n) is 4.40. The molecule has 0 unspecified atom stereocenters. The van der Waals surface area contributed by atoms with Crippen molar-refractivity contribution in [2.75, 3.05) is 13.7 Å². The van der Waals surface area contributed by atoms with Crippen LogP contribution in [0.3, 0.4) is 0 Å². The molecule has 1 aliphatic carbocycles. The second-order valence-corrected chi connectivity index (χ2v) is 5.69. The Hall–Kier alpha value is -1.35. The first-order valence-corrected chi connectivity index (χ1v) is 7.60. The number of carbonyl (C=O) groups is 1. The van der Waals surface area contributed by atoms with E-state index in [1.165, 1.54) is 12.7 Å². The predicted octanol–water partition coefficient (Wildman–Crippen LogP) is 3.26. The predicted molar refractivity (Wildman–Crippen MR) is 80.7 cm³/mol. The van der Waals surface area contributed by atoms with Crippen molar-refractivity contribution in [2.45, 2.75) is 50.5 Å². The Bertz CT molecular complexity index is 422. The molecule has 1 N–H and O–H groups in total. The molecule has 0 bridgehead atoms.